The average Bonchev–Trinajstić information content (AvgIpc) is 3.03. The third-order valence-electron chi connectivity index (χ3n) is 5.62. The summed E-state index contributed by atoms with van der Waals surface area (Å²) in [4.78, 5) is 30.4. The lowest BCUT2D eigenvalue weighted by Crippen LogP contribution is -3.19. The van der Waals surface area contributed by atoms with Crippen LogP contribution in [0.3, 0.4) is 0 Å². The lowest BCUT2D eigenvalue weighted by atomic mass is 10.1. The Hall–Kier alpha value is -2.57. The molecule has 2 heterocycles. The Morgan fingerprint density at radius 3 is 2.45 bits per heavy atom. The van der Waals surface area contributed by atoms with Gasteiger partial charge in [0.05, 0.1) is 44.9 Å². The third-order valence-corrected chi connectivity index (χ3v) is 5.86. The second-order valence-corrected chi connectivity index (χ2v) is 7.81. The van der Waals surface area contributed by atoms with Crippen LogP contribution in [0.25, 0.3) is 0 Å². The van der Waals surface area contributed by atoms with Gasteiger partial charge in [0, 0.05) is 10.7 Å². The van der Waals surface area contributed by atoms with Crippen molar-refractivity contribution in [1.29, 1.82) is 0 Å². The molecule has 0 saturated carbocycles. The summed E-state index contributed by atoms with van der Waals surface area (Å²) in [7, 11) is 0. The van der Waals surface area contributed by atoms with Gasteiger partial charge < -0.3 is 14.5 Å². The normalized spacial score (nSPS) is 20.4. The molecule has 6 nitrogen and oxygen atoms in total. The minimum absolute atomic E-state index is 0.106. The number of hydrogen-bond donors (Lipinski definition) is 1. The highest BCUT2D eigenvalue weighted by Crippen LogP contribution is 2.25. The molecule has 2 aliphatic heterocycles. The second kappa shape index (κ2) is 8.43. The molecule has 0 aromatic heterocycles. The Morgan fingerprint density at radius 1 is 1.07 bits per heavy atom. The van der Waals surface area contributed by atoms with Crippen LogP contribution in [0.5, 0.6) is 5.75 Å². The molecule has 0 unspecified atom stereocenters. The molecule has 152 valence electrons. The topological polar surface area (TPSA) is 54.3 Å². The number of halogens is 1. The quantitative estimate of drug-likeness (QED) is 0.758. The molecule has 2 fully saturated rings. The van der Waals surface area contributed by atoms with E-state index in [1.54, 1.807) is 24.3 Å². The Morgan fingerprint density at radius 2 is 1.79 bits per heavy atom. The number of nitrogens with zero attached hydrogens (tertiary/aromatic N) is 2. The number of imide groups is 1. The smallest absolute Gasteiger partial charge is 0.292 e. The first kappa shape index (κ1) is 19.7. The number of anilines is 2. The number of nitrogens with one attached hydrogen (secondary N) is 1. The largest absolute Gasteiger partial charge is 0.494 e. The highest BCUT2D eigenvalue weighted by molar-refractivity contribution is 6.30. The van der Waals surface area contributed by atoms with Gasteiger partial charge in [0.15, 0.2) is 6.04 Å². The standard InChI is InChI=1S/C22H24ClN3O3/c1-2-29-19-8-6-17(7-9-19)26-21(27)15-20(22(26)28)25-12-10-24(11-13-25)18-5-3-4-16(23)14-18/h3-9,14,20H,2,10-13,15H2,1H3/p+1/t20-/m0/s1. The fraction of sp³-hybridized carbons (Fsp3) is 0.364. The zero-order valence-electron chi connectivity index (χ0n) is 16.4. The molecule has 29 heavy (non-hydrogen) atoms. The SMILES string of the molecule is CCOc1ccc(N2C(=O)C[C@H]([NH+]3CCN(c4cccc(Cl)c4)CC3)C2=O)cc1. The minimum atomic E-state index is -0.310. The average molecular weight is 415 g/mol. The van der Waals surface area contributed by atoms with E-state index < -0.39 is 0 Å². The van der Waals surface area contributed by atoms with Gasteiger partial charge in [0.1, 0.15) is 5.75 Å². The number of carbonyl (C=O) groups excluding carboxylic acids is 2. The van der Waals surface area contributed by atoms with Gasteiger partial charge in [-0.3, -0.25) is 9.59 Å². The maximum Gasteiger partial charge on any atom is 0.292 e. The van der Waals surface area contributed by atoms with Crippen molar-refractivity contribution in [3.05, 3.63) is 53.6 Å². The number of piperazine rings is 1. The number of quaternary nitrogens is 1. The fourth-order valence-corrected chi connectivity index (χ4v) is 4.34. The summed E-state index contributed by atoms with van der Waals surface area (Å²) in [5.74, 6) is 0.494. The highest BCUT2D eigenvalue weighted by atomic mass is 35.5. The number of carbonyl (C=O) groups is 2. The number of benzene rings is 2. The van der Waals surface area contributed by atoms with Crippen molar-refractivity contribution in [2.45, 2.75) is 19.4 Å². The van der Waals surface area contributed by atoms with Crippen molar-refractivity contribution >= 4 is 34.8 Å². The van der Waals surface area contributed by atoms with E-state index in [0.717, 1.165) is 42.6 Å². The van der Waals surface area contributed by atoms with Crippen LogP contribution in [0.1, 0.15) is 13.3 Å². The number of amides is 2. The molecular weight excluding hydrogens is 390 g/mol. The van der Waals surface area contributed by atoms with Gasteiger partial charge in [-0.1, -0.05) is 17.7 Å². The number of hydrogen-bond acceptors (Lipinski definition) is 4. The first-order valence-corrected chi connectivity index (χ1v) is 10.4. The van der Waals surface area contributed by atoms with Crippen molar-refractivity contribution < 1.29 is 19.2 Å². The van der Waals surface area contributed by atoms with Crippen LogP contribution in [-0.2, 0) is 9.59 Å². The molecule has 2 aliphatic rings. The maximum absolute atomic E-state index is 13.0. The lowest BCUT2D eigenvalue weighted by Gasteiger charge is -2.35. The Kier molecular flexibility index (Phi) is 5.74. The first-order chi connectivity index (χ1) is 14.1. The van der Waals surface area contributed by atoms with Crippen LogP contribution >= 0.6 is 11.6 Å². The molecule has 0 bridgehead atoms. The van der Waals surface area contributed by atoms with Crippen molar-refractivity contribution in [3.8, 4) is 5.75 Å². The molecule has 0 aliphatic carbocycles. The Balaban J connectivity index is 1.41. The van der Waals surface area contributed by atoms with Crippen LogP contribution < -0.4 is 19.4 Å². The van der Waals surface area contributed by atoms with Crippen LogP contribution in [-0.4, -0.2) is 50.6 Å². The molecule has 4 rings (SSSR count). The first-order valence-electron chi connectivity index (χ1n) is 10.0. The molecule has 0 radical (unpaired) electrons. The number of rotatable bonds is 5. The summed E-state index contributed by atoms with van der Waals surface area (Å²) in [6.07, 6.45) is 0.262. The van der Waals surface area contributed by atoms with Crippen molar-refractivity contribution in [2.75, 3.05) is 42.6 Å². The van der Waals surface area contributed by atoms with Crippen LogP contribution in [0.4, 0.5) is 11.4 Å². The fourth-order valence-electron chi connectivity index (χ4n) is 4.15. The summed E-state index contributed by atoms with van der Waals surface area (Å²) in [5.41, 5.74) is 1.71. The monoisotopic (exact) mass is 414 g/mol. The van der Waals surface area contributed by atoms with E-state index in [-0.39, 0.29) is 24.3 Å². The Labute approximate surface area is 175 Å². The summed E-state index contributed by atoms with van der Waals surface area (Å²) >= 11 is 6.11. The van der Waals surface area contributed by atoms with Gasteiger partial charge in [-0.15, -0.1) is 0 Å². The summed E-state index contributed by atoms with van der Waals surface area (Å²) in [6.45, 7) is 5.78. The van der Waals surface area contributed by atoms with Crippen LogP contribution in [0.15, 0.2) is 48.5 Å². The van der Waals surface area contributed by atoms with E-state index in [1.807, 2.05) is 25.1 Å². The van der Waals surface area contributed by atoms with E-state index in [9.17, 15) is 9.59 Å². The summed E-state index contributed by atoms with van der Waals surface area (Å²) in [5, 5.41) is 0.722. The lowest BCUT2D eigenvalue weighted by molar-refractivity contribution is -0.915. The maximum atomic E-state index is 13.0. The van der Waals surface area contributed by atoms with Gasteiger partial charge >= 0.3 is 0 Å². The molecule has 1 N–H and O–H groups in total. The predicted octanol–water partition coefficient (Wildman–Crippen LogP) is 1.78. The zero-order chi connectivity index (χ0) is 20.4. The second-order valence-electron chi connectivity index (χ2n) is 7.38. The van der Waals surface area contributed by atoms with E-state index in [4.69, 9.17) is 16.3 Å². The van der Waals surface area contributed by atoms with Crippen molar-refractivity contribution in [3.63, 3.8) is 0 Å². The third kappa shape index (κ3) is 4.09. The highest BCUT2D eigenvalue weighted by Gasteiger charge is 2.46. The molecule has 2 aromatic rings. The van der Waals surface area contributed by atoms with E-state index in [1.165, 1.54) is 9.80 Å². The summed E-state index contributed by atoms with van der Waals surface area (Å²) in [6, 6.07) is 14.7. The Bertz CT molecular complexity index is 894. The molecule has 1 atom stereocenters. The molecule has 2 amide bonds. The molecule has 7 heteroatoms. The molecule has 2 saturated heterocycles. The predicted molar refractivity (Wildman–Crippen MR) is 113 cm³/mol. The molecule has 2 aromatic carbocycles. The molecular formula is C22H25ClN3O3+. The van der Waals surface area contributed by atoms with Gasteiger partial charge in [-0.25, -0.2) is 4.90 Å². The van der Waals surface area contributed by atoms with Gasteiger partial charge in [-0.2, -0.15) is 0 Å². The zero-order valence-corrected chi connectivity index (χ0v) is 17.2. The van der Waals surface area contributed by atoms with E-state index >= 15 is 0 Å². The van der Waals surface area contributed by atoms with Crippen LogP contribution in [0.2, 0.25) is 5.02 Å². The summed E-state index contributed by atoms with van der Waals surface area (Å²) < 4.78 is 5.44. The van der Waals surface area contributed by atoms with E-state index in [0.29, 0.717) is 12.3 Å². The van der Waals surface area contributed by atoms with E-state index in [2.05, 4.69) is 11.0 Å². The van der Waals surface area contributed by atoms with Gasteiger partial charge in [0.2, 0.25) is 5.91 Å². The van der Waals surface area contributed by atoms with Gasteiger partial charge in [0.25, 0.3) is 5.91 Å². The van der Waals surface area contributed by atoms with Gasteiger partial charge in [-0.05, 0) is 49.4 Å². The van der Waals surface area contributed by atoms with Crippen LogP contribution in [0, 0.1) is 0 Å². The van der Waals surface area contributed by atoms with Crippen molar-refractivity contribution in [1.82, 2.24) is 0 Å². The molecule has 0 spiro atoms. The minimum Gasteiger partial charge on any atom is -0.494 e. The van der Waals surface area contributed by atoms with Crippen molar-refractivity contribution in [2.24, 2.45) is 0 Å². The number of ether oxygens (including phenoxy) is 1.